The number of hydrogen-bond acceptors (Lipinski definition) is 0. The van der Waals surface area contributed by atoms with E-state index < -0.39 is 0 Å². The van der Waals surface area contributed by atoms with Gasteiger partial charge >= 0.3 is 0 Å². The largest absolute Gasteiger partial charge is 0.302 e. The molecule has 0 heterocycles. The fourth-order valence-electron chi connectivity index (χ4n) is 1.73. The molecule has 0 bridgehead atoms. The molecule has 0 fully saturated rings. The number of rotatable bonds is 4. The quantitative estimate of drug-likeness (QED) is 0.547. The van der Waals surface area contributed by atoms with Crippen molar-refractivity contribution in [2.75, 3.05) is 20.1 Å². The molecule has 0 spiro atoms. The molecule has 0 saturated carbocycles. The summed E-state index contributed by atoms with van der Waals surface area (Å²) in [6.07, 6.45) is 0. The maximum Gasteiger partial charge on any atom is 0.141 e. The van der Waals surface area contributed by atoms with Crippen LogP contribution < -0.4 is 0 Å². The molecule has 88 valence electrons. The topological polar surface area (TPSA) is 0 Å². The van der Waals surface area contributed by atoms with E-state index in [0.29, 0.717) is 0 Å². The Morgan fingerprint density at radius 2 is 1.47 bits per heavy atom. The molecule has 0 aromatic heterocycles. The van der Waals surface area contributed by atoms with Crippen LogP contribution in [0.3, 0.4) is 0 Å². The van der Waals surface area contributed by atoms with Crippen LogP contribution in [0.25, 0.3) is 0 Å². The van der Waals surface area contributed by atoms with Gasteiger partial charge in [0.25, 0.3) is 0 Å². The summed E-state index contributed by atoms with van der Waals surface area (Å²) >= 11 is 0. The second kappa shape index (κ2) is 6.79. The predicted molar refractivity (Wildman–Crippen MR) is 73.0 cm³/mol. The normalized spacial score (nSPS) is 9.82. The molecule has 17 heavy (non-hydrogen) atoms. The summed E-state index contributed by atoms with van der Waals surface area (Å²) in [5.41, 5.74) is 1.34. The molecule has 0 aliphatic heterocycles. The van der Waals surface area contributed by atoms with Gasteiger partial charge in [-0.2, -0.15) is 0 Å². The molecule has 0 aliphatic rings. The minimum atomic E-state index is 0.847. The fourth-order valence-corrected chi connectivity index (χ4v) is 1.73. The summed E-state index contributed by atoms with van der Waals surface area (Å²) in [5.74, 6) is 12.3. The molecule has 1 aromatic rings. The van der Waals surface area contributed by atoms with Crippen molar-refractivity contribution < 1.29 is 4.48 Å². The number of benzene rings is 1. The molecule has 1 nitrogen and oxygen atoms in total. The zero-order chi connectivity index (χ0) is 12.6. The molecule has 0 atom stereocenters. The number of hydrogen-bond donors (Lipinski definition) is 0. The first-order valence-electron chi connectivity index (χ1n) is 5.87. The first-order chi connectivity index (χ1) is 8.20. The summed E-state index contributed by atoms with van der Waals surface area (Å²) in [4.78, 5) is 0. The highest BCUT2D eigenvalue weighted by Crippen LogP contribution is 2.10. The smallest absolute Gasteiger partial charge is 0.141 e. The van der Waals surface area contributed by atoms with E-state index in [1.807, 2.05) is 19.9 Å². The van der Waals surface area contributed by atoms with Crippen molar-refractivity contribution in [1.29, 1.82) is 0 Å². The highest BCUT2D eigenvalue weighted by molar-refractivity contribution is 5.13. The monoisotopic (exact) mass is 226 g/mol. The van der Waals surface area contributed by atoms with E-state index in [9.17, 15) is 0 Å². The van der Waals surface area contributed by atoms with Gasteiger partial charge in [-0.3, -0.25) is 0 Å². The predicted octanol–water partition coefficient (Wildman–Crippen LogP) is 2.68. The third-order valence-electron chi connectivity index (χ3n) is 2.68. The Morgan fingerprint density at radius 1 is 0.941 bits per heavy atom. The van der Waals surface area contributed by atoms with Crippen molar-refractivity contribution in [2.45, 2.75) is 20.4 Å². The van der Waals surface area contributed by atoms with E-state index in [0.717, 1.165) is 24.1 Å². The van der Waals surface area contributed by atoms with Crippen molar-refractivity contribution in [3.8, 4) is 23.7 Å². The summed E-state index contributed by atoms with van der Waals surface area (Å²) < 4.78 is 0.853. The SMILES string of the molecule is CC#CC[N+](C)(CC#CC)Cc1ccccc1. The van der Waals surface area contributed by atoms with Gasteiger partial charge in [0.15, 0.2) is 0 Å². The van der Waals surface area contributed by atoms with Crippen LogP contribution in [0.2, 0.25) is 0 Å². The fraction of sp³-hybridized carbons (Fsp3) is 0.375. The third-order valence-corrected chi connectivity index (χ3v) is 2.68. The van der Waals surface area contributed by atoms with Gasteiger partial charge in [0, 0.05) is 5.56 Å². The Labute approximate surface area is 105 Å². The molecule has 1 aromatic carbocycles. The van der Waals surface area contributed by atoms with E-state index in [1.165, 1.54) is 5.56 Å². The van der Waals surface area contributed by atoms with Crippen molar-refractivity contribution >= 4 is 0 Å². The third kappa shape index (κ3) is 4.77. The molecule has 0 unspecified atom stereocenters. The van der Waals surface area contributed by atoms with Gasteiger partial charge in [0.05, 0.1) is 7.05 Å². The standard InChI is InChI=1S/C16H20N/c1-4-6-13-17(3,14-7-5-2)15-16-11-9-8-10-12-16/h8-12H,13-15H2,1-3H3/q+1. The van der Waals surface area contributed by atoms with Crippen LogP contribution in [0.5, 0.6) is 0 Å². The van der Waals surface area contributed by atoms with Crippen LogP contribution in [0.1, 0.15) is 19.4 Å². The van der Waals surface area contributed by atoms with Crippen LogP contribution in [-0.2, 0) is 6.54 Å². The Balaban J connectivity index is 2.80. The van der Waals surface area contributed by atoms with Crippen molar-refractivity contribution in [3.63, 3.8) is 0 Å². The lowest BCUT2D eigenvalue weighted by Gasteiger charge is -2.30. The average Bonchev–Trinajstić information content (AvgIpc) is 2.35. The first-order valence-corrected chi connectivity index (χ1v) is 5.87. The van der Waals surface area contributed by atoms with Gasteiger partial charge in [-0.15, -0.1) is 11.8 Å². The summed E-state index contributed by atoms with van der Waals surface area (Å²) in [7, 11) is 2.21. The van der Waals surface area contributed by atoms with Crippen LogP contribution in [0.15, 0.2) is 30.3 Å². The molecule has 0 saturated heterocycles. The van der Waals surface area contributed by atoms with Gasteiger partial charge in [-0.25, -0.2) is 0 Å². The van der Waals surface area contributed by atoms with E-state index >= 15 is 0 Å². The first kappa shape index (κ1) is 13.4. The van der Waals surface area contributed by atoms with Crippen LogP contribution in [-0.4, -0.2) is 24.6 Å². The van der Waals surface area contributed by atoms with Crippen molar-refractivity contribution in [3.05, 3.63) is 35.9 Å². The molecule has 0 amide bonds. The Kier molecular flexibility index (Phi) is 5.34. The van der Waals surface area contributed by atoms with E-state index in [4.69, 9.17) is 0 Å². The summed E-state index contributed by atoms with van der Waals surface area (Å²) in [6, 6.07) is 10.5. The van der Waals surface area contributed by atoms with Gasteiger partial charge in [-0.05, 0) is 25.7 Å². The highest BCUT2D eigenvalue weighted by Gasteiger charge is 2.19. The number of quaternary nitrogens is 1. The van der Waals surface area contributed by atoms with Crippen molar-refractivity contribution in [1.82, 2.24) is 0 Å². The maximum atomic E-state index is 3.17. The van der Waals surface area contributed by atoms with E-state index in [-0.39, 0.29) is 0 Å². The zero-order valence-corrected chi connectivity index (χ0v) is 11.0. The van der Waals surface area contributed by atoms with Gasteiger partial charge in [0.1, 0.15) is 19.6 Å². The average molecular weight is 226 g/mol. The van der Waals surface area contributed by atoms with E-state index in [2.05, 4.69) is 55.0 Å². The second-order valence-electron chi connectivity index (χ2n) is 4.43. The molecular formula is C16H20N+. The molecule has 1 rings (SSSR count). The molecular weight excluding hydrogens is 206 g/mol. The van der Waals surface area contributed by atoms with Crippen LogP contribution >= 0.6 is 0 Å². The summed E-state index contributed by atoms with van der Waals surface area (Å²) in [6.45, 7) is 6.45. The summed E-state index contributed by atoms with van der Waals surface area (Å²) in [5, 5.41) is 0. The second-order valence-corrected chi connectivity index (χ2v) is 4.43. The Hall–Kier alpha value is -1.70. The molecule has 0 aliphatic carbocycles. The lowest BCUT2D eigenvalue weighted by molar-refractivity contribution is -0.909. The van der Waals surface area contributed by atoms with Gasteiger partial charge < -0.3 is 4.48 Å². The van der Waals surface area contributed by atoms with Gasteiger partial charge in [0.2, 0.25) is 0 Å². The number of nitrogens with zero attached hydrogens (tertiary/aromatic N) is 1. The highest BCUT2D eigenvalue weighted by atomic mass is 15.3. The van der Waals surface area contributed by atoms with Crippen LogP contribution in [0.4, 0.5) is 0 Å². The Bertz CT molecular complexity index is 429. The molecule has 0 radical (unpaired) electrons. The maximum absolute atomic E-state index is 3.17. The minimum absolute atomic E-state index is 0.847. The molecule has 0 N–H and O–H groups in total. The van der Waals surface area contributed by atoms with Crippen LogP contribution in [0, 0.1) is 23.7 Å². The minimum Gasteiger partial charge on any atom is -0.302 e. The lowest BCUT2D eigenvalue weighted by atomic mass is 10.2. The zero-order valence-electron chi connectivity index (χ0n) is 11.0. The van der Waals surface area contributed by atoms with Gasteiger partial charge in [-0.1, -0.05) is 30.3 Å². The molecule has 1 heteroatoms. The lowest BCUT2D eigenvalue weighted by Crippen LogP contribution is -2.43. The Morgan fingerprint density at radius 3 is 1.94 bits per heavy atom. The van der Waals surface area contributed by atoms with Crippen molar-refractivity contribution in [2.24, 2.45) is 0 Å². The van der Waals surface area contributed by atoms with E-state index in [1.54, 1.807) is 0 Å².